The minimum atomic E-state index is -0.459. The number of aryl methyl sites for hydroxylation is 2. The number of fused-ring (bicyclic) bond motifs is 2. The van der Waals surface area contributed by atoms with Gasteiger partial charge in [-0.2, -0.15) is 10.2 Å². The Hall–Kier alpha value is -2.28. The predicted molar refractivity (Wildman–Crippen MR) is 78.2 cm³/mol. The average molecular weight is 286 g/mol. The lowest BCUT2D eigenvalue weighted by Gasteiger charge is -2.04. The Morgan fingerprint density at radius 1 is 1.33 bits per heavy atom. The highest BCUT2D eigenvalue weighted by atomic mass is 16.3. The van der Waals surface area contributed by atoms with Crippen molar-refractivity contribution in [3.63, 3.8) is 0 Å². The van der Waals surface area contributed by atoms with Gasteiger partial charge in [0, 0.05) is 6.20 Å². The molecule has 110 valence electrons. The average Bonchev–Trinajstić information content (AvgIpc) is 3.18. The van der Waals surface area contributed by atoms with E-state index in [9.17, 15) is 5.11 Å². The third-order valence-corrected chi connectivity index (χ3v) is 3.44. The van der Waals surface area contributed by atoms with E-state index in [1.807, 2.05) is 27.0 Å². The summed E-state index contributed by atoms with van der Waals surface area (Å²) in [7, 11) is 0. The van der Waals surface area contributed by atoms with Gasteiger partial charge in [0.2, 0.25) is 0 Å². The molecule has 3 aromatic heterocycles. The fourth-order valence-corrected chi connectivity index (χ4v) is 2.54. The Labute approximate surface area is 122 Å². The number of aliphatic hydroxyl groups is 1. The summed E-state index contributed by atoms with van der Waals surface area (Å²) in [5.41, 5.74) is 2.53. The summed E-state index contributed by atoms with van der Waals surface area (Å²) in [5.74, 6) is 1.35. The first kappa shape index (κ1) is 13.7. The Balaban J connectivity index is 0.000000636. The second-order valence-corrected chi connectivity index (χ2v) is 4.77. The zero-order valence-electron chi connectivity index (χ0n) is 12.3. The van der Waals surface area contributed by atoms with Crippen molar-refractivity contribution in [2.24, 2.45) is 0 Å². The Bertz CT molecular complexity index is 775. The van der Waals surface area contributed by atoms with Crippen LogP contribution < -0.4 is 0 Å². The summed E-state index contributed by atoms with van der Waals surface area (Å²) in [4.78, 5) is 8.71. The molecule has 1 aliphatic carbocycles. The van der Waals surface area contributed by atoms with Crippen LogP contribution >= 0.6 is 0 Å². The van der Waals surface area contributed by atoms with Crippen LogP contribution in [0.2, 0.25) is 0 Å². The third kappa shape index (κ3) is 2.19. The van der Waals surface area contributed by atoms with Crippen molar-refractivity contribution in [3.05, 3.63) is 29.5 Å². The molecule has 0 aliphatic heterocycles. The van der Waals surface area contributed by atoms with E-state index < -0.39 is 6.10 Å². The van der Waals surface area contributed by atoms with Crippen molar-refractivity contribution in [1.82, 2.24) is 29.9 Å². The van der Waals surface area contributed by atoms with Gasteiger partial charge in [0.15, 0.2) is 11.5 Å². The van der Waals surface area contributed by atoms with Crippen LogP contribution in [-0.2, 0) is 6.42 Å². The fourth-order valence-electron chi connectivity index (χ4n) is 2.54. The van der Waals surface area contributed by atoms with Gasteiger partial charge in [-0.15, -0.1) is 0 Å². The molecule has 0 radical (unpaired) electrons. The Morgan fingerprint density at radius 2 is 2.14 bits per heavy atom. The van der Waals surface area contributed by atoms with Gasteiger partial charge in [-0.25, -0.2) is 14.6 Å². The van der Waals surface area contributed by atoms with E-state index in [1.54, 1.807) is 10.9 Å². The molecule has 4 rings (SSSR count). The van der Waals surface area contributed by atoms with Gasteiger partial charge in [0.05, 0.1) is 23.4 Å². The highest BCUT2D eigenvalue weighted by molar-refractivity contribution is 5.81. The Kier molecular flexibility index (Phi) is 3.42. The molecule has 0 spiro atoms. The number of aromatic amines is 1. The van der Waals surface area contributed by atoms with E-state index in [1.165, 1.54) is 0 Å². The number of H-pyrrole nitrogens is 1. The zero-order valence-corrected chi connectivity index (χ0v) is 12.3. The van der Waals surface area contributed by atoms with Gasteiger partial charge in [0.25, 0.3) is 0 Å². The lowest BCUT2D eigenvalue weighted by Crippen LogP contribution is -2.04. The summed E-state index contributed by atoms with van der Waals surface area (Å²) in [6.07, 6.45) is 4.77. The number of hydrogen-bond donors (Lipinski definition) is 2. The van der Waals surface area contributed by atoms with Crippen LogP contribution in [0.1, 0.15) is 43.5 Å². The molecule has 3 aromatic rings. The first-order valence-corrected chi connectivity index (χ1v) is 7.17. The molecule has 0 saturated carbocycles. The molecule has 0 aromatic carbocycles. The van der Waals surface area contributed by atoms with Crippen LogP contribution in [0.15, 0.2) is 12.4 Å². The highest BCUT2D eigenvalue weighted by Crippen LogP contribution is 2.30. The number of aliphatic hydroxyl groups excluding tert-OH is 1. The SMILES string of the molecule is CC.Cc1nc(-n2cc3c(n2)C(O)CC3)c2cn[nH]c2n1. The number of rotatable bonds is 1. The van der Waals surface area contributed by atoms with E-state index >= 15 is 0 Å². The molecule has 0 bridgehead atoms. The topological polar surface area (TPSA) is 92.5 Å². The molecule has 0 amide bonds. The van der Waals surface area contributed by atoms with E-state index in [2.05, 4.69) is 25.3 Å². The van der Waals surface area contributed by atoms with Gasteiger partial charge in [-0.05, 0) is 25.3 Å². The molecule has 3 heterocycles. The summed E-state index contributed by atoms with van der Waals surface area (Å²) in [6, 6.07) is 0. The first-order valence-electron chi connectivity index (χ1n) is 7.17. The third-order valence-electron chi connectivity index (χ3n) is 3.44. The van der Waals surface area contributed by atoms with Crippen molar-refractivity contribution in [3.8, 4) is 5.82 Å². The monoisotopic (exact) mass is 286 g/mol. The highest BCUT2D eigenvalue weighted by Gasteiger charge is 2.25. The quantitative estimate of drug-likeness (QED) is 0.712. The van der Waals surface area contributed by atoms with E-state index in [0.29, 0.717) is 17.3 Å². The molecule has 21 heavy (non-hydrogen) atoms. The summed E-state index contributed by atoms with van der Waals surface area (Å²) < 4.78 is 1.71. The number of hydrogen-bond acceptors (Lipinski definition) is 5. The van der Waals surface area contributed by atoms with Gasteiger partial charge >= 0.3 is 0 Å². The molecule has 1 unspecified atom stereocenters. The number of nitrogens with zero attached hydrogens (tertiary/aromatic N) is 5. The molecular weight excluding hydrogens is 268 g/mol. The molecule has 7 nitrogen and oxygen atoms in total. The summed E-state index contributed by atoms with van der Waals surface area (Å²) in [6.45, 7) is 5.83. The fraction of sp³-hybridized carbons (Fsp3) is 0.429. The van der Waals surface area contributed by atoms with Crippen molar-refractivity contribution < 1.29 is 5.11 Å². The number of aromatic nitrogens is 6. The van der Waals surface area contributed by atoms with Gasteiger partial charge < -0.3 is 5.11 Å². The van der Waals surface area contributed by atoms with Crippen molar-refractivity contribution in [2.45, 2.75) is 39.7 Å². The van der Waals surface area contributed by atoms with Crippen LogP contribution in [0.25, 0.3) is 16.9 Å². The zero-order chi connectivity index (χ0) is 15.0. The second-order valence-electron chi connectivity index (χ2n) is 4.77. The number of nitrogens with one attached hydrogen (secondary N) is 1. The maximum atomic E-state index is 9.84. The smallest absolute Gasteiger partial charge is 0.168 e. The molecule has 1 atom stereocenters. The van der Waals surface area contributed by atoms with Crippen LogP contribution in [0.5, 0.6) is 0 Å². The maximum absolute atomic E-state index is 9.84. The molecule has 1 aliphatic rings. The van der Waals surface area contributed by atoms with Gasteiger partial charge in [-0.3, -0.25) is 5.10 Å². The van der Waals surface area contributed by atoms with Gasteiger partial charge in [0.1, 0.15) is 5.82 Å². The molecular formula is C14H18N6O. The lowest BCUT2D eigenvalue weighted by molar-refractivity contribution is 0.174. The van der Waals surface area contributed by atoms with Crippen LogP contribution in [-0.4, -0.2) is 35.1 Å². The molecule has 0 fully saturated rings. The molecule has 0 saturated heterocycles. The van der Waals surface area contributed by atoms with E-state index in [4.69, 9.17) is 0 Å². The maximum Gasteiger partial charge on any atom is 0.168 e. The minimum absolute atomic E-state index is 0.459. The first-order chi connectivity index (χ1) is 10.2. The summed E-state index contributed by atoms with van der Waals surface area (Å²) in [5, 5.41) is 21.9. The molecule has 2 N–H and O–H groups in total. The van der Waals surface area contributed by atoms with Crippen molar-refractivity contribution in [2.75, 3.05) is 0 Å². The van der Waals surface area contributed by atoms with E-state index in [-0.39, 0.29) is 0 Å². The predicted octanol–water partition coefficient (Wildman–Crippen LogP) is 1.85. The minimum Gasteiger partial charge on any atom is -0.387 e. The van der Waals surface area contributed by atoms with Crippen molar-refractivity contribution >= 4 is 11.0 Å². The second kappa shape index (κ2) is 5.25. The summed E-state index contributed by atoms with van der Waals surface area (Å²) >= 11 is 0. The van der Waals surface area contributed by atoms with E-state index in [0.717, 1.165) is 29.5 Å². The standard InChI is InChI=1S/C12H12N6O.C2H6/c1-6-14-11-8(4-13-16-11)12(15-6)18-5-7-2-3-9(19)10(7)17-18;1-2/h4-5,9,19H,2-3H2,1H3,(H,13,14,15,16);1-2H3. The van der Waals surface area contributed by atoms with Crippen LogP contribution in [0.3, 0.4) is 0 Å². The van der Waals surface area contributed by atoms with Crippen LogP contribution in [0.4, 0.5) is 0 Å². The van der Waals surface area contributed by atoms with Gasteiger partial charge in [-0.1, -0.05) is 13.8 Å². The normalized spacial score (nSPS) is 16.7. The Morgan fingerprint density at radius 3 is 2.90 bits per heavy atom. The molecule has 7 heteroatoms. The van der Waals surface area contributed by atoms with Crippen LogP contribution in [0, 0.1) is 6.92 Å². The largest absolute Gasteiger partial charge is 0.387 e. The van der Waals surface area contributed by atoms with Crippen molar-refractivity contribution in [1.29, 1.82) is 0 Å². The lowest BCUT2D eigenvalue weighted by atomic mass is 10.3.